The van der Waals surface area contributed by atoms with Crippen LogP contribution in [-0.2, 0) is 11.2 Å². The molecule has 0 saturated carbocycles. The molecule has 3 nitrogen and oxygen atoms in total. The van der Waals surface area contributed by atoms with Crippen molar-refractivity contribution in [3.8, 4) is 0 Å². The van der Waals surface area contributed by atoms with E-state index in [4.69, 9.17) is 9.72 Å². The first kappa shape index (κ1) is 13.6. The van der Waals surface area contributed by atoms with E-state index in [-0.39, 0.29) is 6.10 Å². The van der Waals surface area contributed by atoms with Gasteiger partial charge in [0.1, 0.15) is 11.1 Å². The second-order valence-electron chi connectivity index (χ2n) is 5.22. The van der Waals surface area contributed by atoms with Crippen LogP contribution in [0.3, 0.4) is 0 Å². The van der Waals surface area contributed by atoms with Crippen molar-refractivity contribution in [3.05, 3.63) is 45.9 Å². The zero-order valence-electron chi connectivity index (χ0n) is 11.8. The smallest absolute Gasteiger partial charge is 0.122 e. The summed E-state index contributed by atoms with van der Waals surface area (Å²) in [4.78, 5) is 4.69. The molecule has 1 aliphatic rings. The number of rotatable bonds is 5. The maximum atomic E-state index is 5.67. The molecule has 4 heteroatoms. The lowest BCUT2D eigenvalue weighted by Crippen LogP contribution is -2.05. The van der Waals surface area contributed by atoms with Crippen LogP contribution in [0.2, 0.25) is 0 Å². The third-order valence-corrected chi connectivity index (χ3v) is 4.52. The minimum atomic E-state index is 0.249. The topological polar surface area (TPSA) is 34.1 Å². The zero-order valence-corrected chi connectivity index (χ0v) is 12.6. The second-order valence-corrected chi connectivity index (χ2v) is 6.11. The van der Waals surface area contributed by atoms with Gasteiger partial charge in [-0.3, -0.25) is 0 Å². The third-order valence-electron chi connectivity index (χ3n) is 3.54. The minimum Gasteiger partial charge on any atom is -0.385 e. The van der Waals surface area contributed by atoms with Gasteiger partial charge in [-0.25, -0.2) is 4.98 Å². The van der Waals surface area contributed by atoms with Crippen LogP contribution in [0.5, 0.6) is 0 Å². The van der Waals surface area contributed by atoms with Gasteiger partial charge in [-0.05, 0) is 31.9 Å². The van der Waals surface area contributed by atoms with E-state index in [2.05, 4.69) is 41.9 Å². The molecule has 3 rings (SSSR count). The minimum absolute atomic E-state index is 0.249. The molecule has 2 aromatic rings. The maximum absolute atomic E-state index is 5.67. The Morgan fingerprint density at radius 2 is 2.20 bits per heavy atom. The Morgan fingerprint density at radius 3 is 2.95 bits per heavy atom. The predicted octanol–water partition coefficient (Wildman–Crippen LogP) is 3.96. The Hall–Kier alpha value is -1.39. The van der Waals surface area contributed by atoms with Crippen LogP contribution in [0, 0.1) is 6.92 Å². The van der Waals surface area contributed by atoms with E-state index in [0.29, 0.717) is 0 Å². The summed E-state index contributed by atoms with van der Waals surface area (Å²) in [7, 11) is 0. The molecule has 0 amide bonds. The van der Waals surface area contributed by atoms with Crippen molar-refractivity contribution in [2.45, 2.75) is 32.3 Å². The number of hydrogen-bond acceptors (Lipinski definition) is 4. The largest absolute Gasteiger partial charge is 0.385 e. The first-order valence-electron chi connectivity index (χ1n) is 7.18. The number of thiazole rings is 1. The fraction of sp³-hybridized carbons (Fsp3) is 0.438. The van der Waals surface area contributed by atoms with Crippen LogP contribution in [0.25, 0.3) is 0 Å². The molecule has 1 aromatic carbocycles. The fourth-order valence-electron chi connectivity index (χ4n) is 2.36. The van der Waals surface area contributed by atoms with Gasteiger partial charge in [-0.1, -0.05) is 17.7 Å². The summed E-state index contributed by atoms with van der Waals surface area (Å²) < 4.78 is 5.67. The highest BCUT2D eigenvalue weighted by Crippen LogP contribution is 2.30. The van der Waals surface area contributed by atoms with E-state index in [1.54, 1.807) is 11.3 Å². The number of hydrogen-bond donors (Lipinski definition) is 1. The van der Waals surface area contributed by atoms with Crippen LogP contribution in [0.1, 0.15) is 35.2 Å². The van der Waals surface area contributed by atoms with E-state index in [9.17, 15) is 0 Å². The molecule has 1 saturated heterocycles. The van der Waals surface area contributed by atoms with E-state index >= 15 is 0 Å². The summed E-state index contributed by atoms with van der Waals surface area (Å²) in [6.45, 7) is 3.90. The molecule has 0 aliphatic carbocycles. The fourth-order valence-corrected chi connectivity index (χ4v) is 3.30. The van der Waals surface area contributed by atoms with Crippen molar-refractivity contribution >= 4 is 17.0 Å². The second kappa shape index (κ2) is 6.37. The monoisotopic (exact) mass is 288 g/mol. The average molecular weight is 288 g/mol. The highest BCUT2D eigenvalue weighted by atomic mass is 32.1. The lowest BCUT2D eigenvalue weighted by Gasteiger charge is -2.06. The molecule has 0 bridgehead atoms. The molecule has 2 heterocycles. The molecule has 0 radical (unpaired) electrons. The number of nitrogens with zero attached hydrogens (tertiary/aromatic N) is 1. The number of nitrogens with one attached hydrogen (secondary N) is 1. The summed E-state index contributed by atoms with van der Waals surface area (Å²) in [5, 5.41) is 6.74. The van der Waals surface area contributed by atoms with E-state index < -0.39 is 0 Å². The van der Waals surface area contributed by atoms with Crippen LogP contribution < -0.4 is 5.32 Å². The molecule has 1 fully saturated rings. The standard InChI is InChI=1S/C16H20N2OS/c1-12-4-6-13(7-5-12)17-9-8-14-11-20-16(18-14)15-3-2-10-19-15/h4-7,11,15,17H,2-3,8-10H2,1H3. The Morgan fingerprint density at radius 1 is 1.35 bits per heavy atom. The van der Waals surface area contributed by atoms with Gasteiger partial charge < -0.3 is 10.1 Å². The summed E-state index contributed by atoms with van der Waals surface area (Å²) in [5.74, 6) is 0. The van der Waals surface area contributed by atoms with Gasteiger partial charge in [-0.15, -0.1) is 11.3 Å². The number of aryl methyl sites for hydroxylation is 1. The molecule has 0 spiro atoms. The van der Waals surface area contributed by atoms with Gasteiger partial charge in [0.25, 0.3) is 0 Å². The molecule has 1 N–H and O–H groups in total. The Bertz CT molecular complexity index is 544. The predicted molar refractivity (Wildman–Crippen MR) is 83.4 cm³/mol. The lowest BCUT2D eigenvalue weighted by atomic mass is 10.2. The molecule has 1 unspecified atom stereocenters. The third kappa shape index (κ3) is 3.38. The molecule has 1 aliphatic heterocycles. The van der Waals surface area contributed by atoms with Crippen molar-refractivity contribution in [1.29, 1.82) is 0 Å². The Balaban J connectivity index is 1.49. The SMILES string of the molecule is Cc1ccc(NCCc2csc(C3CCCO3)n2)cc1. The first-order valence-corrected chi connectivity index (χ1v) is 8.06. The number of benzene rings is 1. The van der Waals surface area contributed by atoms with Gasteiger partial charge >= 0.3 is 0 Å². The van der Waals surface area contributed by atoms with E-state index in [1.807, 2.05) is 0 Å². The van der Waals surface area contributed by atoms with Gasteiger partial charge in [0.2, 0.25) is 0 Å². The first-order chi connectivity index (χ1) is 9.81. The van der Waals surface area contributed by atoms with Crippen LogP contribution in [-0.4, -0.2) is 18.1 Å². The molecule has 20 heavy (non-hydrogen) atoms. The molecule has 1 atom stereocenters. The highest BCUT2D eigenvalue weighted by Gasteiger charge is 2.20. The quantitative estimate of drug-likeness (QED) is 0.904. The number of anilines is 1. The summed E-state index contributed by atoms with van der Waals surface area (Å²) in [5.41, 5.74) is 3.63. The van der Waals surface area contributed by atoms with Crippen molar-refractivity contribution in [3.63, 3.8) is 0 Å². The summed E-state index contributed by atoms with van der Waals surface area (Å²) >= 11 is 1.73. The Kier molecular flexibility index (Phi) is 4.33. The van der Waals surface area contributed by atoms with Crippen LogP contribution in [0.4, 0.5) is 5.69 Å². The van der Waals surface area contributed by atoms with Gasteiger partial charge in [0.15, 0.2) is 0 Å². The van der Waals surface area contributed by atoms with E-state index in [0.717, 1.165) is 37.4 Å². The molecule has 1 aromatic heterocycles. The van der Waals surface area contributed by atoms with Crippen molar-refractivity contribution in [2.75, 3.05) is 18.5 Å². The van der Waals surface area contributed by atoms with Gasteiger partial charge in [0.05, 0.1) is 5.69 Å². The maximum Gasteiger partial charge on any atom is 0.122 e. The number of aromatic nitrogens is 1. The van der Waals surface area contributed by atoms with Gasteiger partial charge in [-0.2, -0.15) is 0 Å². The normalized spacial score (nSPS) is 18.4. The summed E-state index contributed by atoms with van der Waals surface area (Å²) in [6, 6.07) is 8.49. The van der Waals surface area contributed by atoms with Gasteiger partial charge in [0, 0.05) is 30.6 Å². The van der Waals surface area contributed by atoms with Crippen molar-refractivity contribution in [1.82, 2.24) is 4.98 Å². The molecular formula is C16H20N2OS. The lowest BCUT2D eigenvalue weighted by molar-refractivity contribution is 0.111. The highest BCUT2D eigenvalue weighted by molar-refractivity contribution is 7.09. The van der Waals surface area contributed by atoms with Crippen LogP contribution in [0.15, 0.2) is 29.6 Å². The van der Waals surface area contributed by atoms with Crippen molar-refractivity contribution < 1.29 is 4.74 Å². The summed E-state index contributed by atoms with van der Waals surface area (Å²) in [6.07, 6.45) is 3.49. The Labute approximate surface area is 124 Å². The molecule has 106 valence electrons. The van der Waals surface area contributed by atoms with Crippen molar-refractivity contribution in [2.24, 2.45) is 0 Å². The van der Waals surface area contributed by atoms with Crippen LogP contribution >= 0.6 is 11.3 Å². The van der Waals surface area contributed by atoms with E-state index in [1.165, 1.54) is 16.9 Å². The molecular weight excluding hydrogens is 268 g/mol. The average Bonchev–Trinajstić information content (AvgIpc) is 3.11. The number of ether oxygens (including phenoxy) is 1. The zero-order chi connectivity index (χ0) is 13.8.